The molecule has 0 fully saturated rings. The van der Waals surface area contributed by atoms with Gasteiger partial charge in [-0.2, -0.15) is 0 Å². The molecule has 4 heteroatoms. The van der Waals surface area contributed by atoms with E-state index in [1.54, 1.807) is 11.3 Å². The van der Waals surface area contributed by atoms with E-state index in [-0.39, 0.29) is 0 Å². The molecule has 1 aliphatic rings. The Kier molecular flexibility index (Phi) is 4.09. The lowest BCUT2D eigenvalue weighted by Gasteiger charge is -2.36. The first kappa shape index (κ1) is 14.7. The third kappa shape index (κ3) is 3.16. The van der Waals surface area contributed by atoms with Crippen molar-refractivity contribution >= 4 is 11.3 Å². The Balaban J connectivity index is 1.96. The lowest BCUT2D eigenvalue weighted by molar-refractivity contribution is 0.254. The van der Waals surface area contributed by atoms with E-state index in [4.69, 9.17) is 4.98 Å². The van der Waals surface area contributed by atoms with Crippen LogP contribution in [0.1, 0.15) is 50.9 Å². The standard InChI is InChI=1S/C17H23N3S/c1-4-7-18-13-9-17(2,3)10-14-12(13)11-19-16(20-14)15-6-5-8-21-15/h5-6,8,11,13,18H,4,7,9-10H2,1-3H3. The van der Waals surface area contributed by atoms with Gasteiger partial charge in [-0.25, -0.2) is 9.97 Å². The number of hydrogen-bond acceptors (Lipinski definition) is 4. The minimum atomic E-state index is 0.291. The summed E-state index contributed by atoms with van der Waals surface area (Å²) < 4.78 is 0. The van der Waals surface area contributed by atoms with Gasteiger partial charge < -0.3 is 5.32 Å². The third-order valence-electron chi connectivity index (χ3n) is 4.06. The van der Waals surface area contributed by atoms with Crippen LogP contribution in [0.2, 0.25) is 0 Å². The highest BCUT2D eigenvalue weighted by atomic mass is 32.1. The van der Waals surface area contributed by atoms with E-state index < -0.39 is 0 Å². The van der Waals surface area contributed by atoms with Gasteiger partial charge in [-0.15, -0.1) is 11.3 Å². The number of aromatic nitrogens is 2. The first-order valence-electron chi connectivity index (χ1n) is 7.72. The molecule has 0 radical (unpaired) electrons. The molecule has 0 bridgehead atoms. The summed E-state index contributed by atoms with van der Waals surface area (Å²) in [5.41, 5.74) is 2.81. The number of fused-ring (bicyclic) bond motifs is 1. The number of nitrogens with zero attached hydrogens (tertiary/aromatic N) is 2. The highest BCUT2D eigenvalue weighted by molar-refractivity contribution is 7.13. The molecule has 0 spiro atoms. The third-order valence-corrected chi connectivity index (χ3v) is 4.93. The molecular weight excluding hydrogens is 278 g/mol. The molecule has 1 aliphatic carbocycles. The zero-order valence-electron chi connectivity index (χ0n) is 13.0. The molecule has 1 atom stereocenters. The predicted octanol–water partition coefficient (Wildman–Crippen LogP) is 4.22. The van der Waals surface area contributed by atoms with Crippen LogP contribution in [-0.2, 0) is 6.42 Å². The topological polar surface area (TPSA) is 37.8 Å². The second-order valence-corrected chi connectivity index (χ2v) is 7.57. The molecule has 21 heavy (non-hydrogen) atoms. The van der Waals surface area contributed by atoms with Crippen LogP contribution in [0.4, 0.5) is 0 Å². The molecule has 1 unspecified atom stereocenters. The maximum absolute atomic E-state index is 4.87. The van der Waals surface area contributed by atoms with Crippen molar-refractivity contribution in [1.29, 1.82) is 0 Å². The molecule has 3 nitrogen and oxygen atoms in total. The lowest BCUT2D eigenvalue weighted by atomic mass is 9.74. The van der Waals surface area contributed by atoms with Gasteiger partial charge in [-0.05, 0) is 42.7 Å². The molecule has 0 saturated carbocycles. The van der Waals surface area contributed by atoms with Gasteiger partial charge in [0.15, 0.2) is 5.82 Å². The van der Waals surface area contributed by atoms with Crippen LogP contribution >= 0.6 is 11.3 Å². The maximum Gasteiger partial charge on any atom is 0.169 e. The quantitative estimate of drug-likeness (QED) is 0.919. The second-order valence-electron chi connectivity index (χ2n) is 6.62. The molecular formula is C17H23N3S. The summed E-state index contributed by atoms with van der Waals surface area (Å²) in [5.74, 6) is 0.871. The van der Waals surface area contributed by atoms with Gasteiger partial charge in [0.05, 0.1) is 4.88 Å². The SMILES string of the molecule is CCCNC1CC(C)(C)Cc2nc(-c3cccs3)ncc21. The Morgan fingerprint density at radius 3 is 3.00 bits per heavy atom. The normalized spacial score (nSPS) is 20.2. The summed E-state index contributed by atoms with van der Waals surface area (Å²) in [5, 5.41) is 5.74. The Bertz CT molecular complexity index is 605. The highest BCUT2D eigenvalue weighted by Crippen LogP contribution is 2.40. The van der Waals surface area contributed by atoms with Crippen molar-refractivity contribution in [3.8, 4) is 10.7 Å². The molecule has 1 N–H and O–H groups in total. The van der Waals surface area contributed by atoms with Crippen molar-refractivity contribution in [2.45, 2.75) is 46.1 Å². The molecule has 0 saturated heterocycles. The Labute approximate surface area is 130 Å². The van der Waals surface area contributed by atoms with Crippen molar-refractivity contribution < 1.29 is 0 Å². The van der Waals surface area contributed by atoms with Crippen LogP contribution < -0.4 is 5.32 Å². The van der Waals surface area contributed by atoms with Crippen LogP contribution in [0.5, 0.6) is 0 Å². The maximum atomic E-state index is 4.87. The van der Waals surface area contributed by atoms with E-state index in [0.29, 0.717) is 11.5 Å². The summed E-state index contributed by atoms with van der Waals surface area (Å²) >= 11 is 1.70. The van der Waals surface area contributed by atoms with E-state index in [2.05, 4.69) is 48.6 Å². The van der Waals surface area contributed by atoms with Crippen molar-refractivity contribution in [3.63, 3.8) is 0 Å². The van der Waals surface area contributed by atoms with Gasteiger partial charge in [-0.1, -0.05) is 26.8 Å². The zero-order chi connectivity index (χ0) is 14.9. The number of thiophene rings is 1. The van der Waals surface area contributed by atoms with E-state index in [1.165, 1.54) is 11.3 Å². The number of hydrogen-bond donors (Lipinski definition) is 1. The summed E-state index contributed by atoms with van der Waals surface area (Å²) in [6, 6.07) is 4.53. The van der Waals surface area contributed by atoms with Crippen LogP contribution in [-0.4, -0.2) is 16.5 Å². The second kappa shape index (κ2) is 5.85. The van der Waals surface area contributed by atoms with E-state index in [9.17, 15) is 0 Å². The van der Waals surface area contributed by atoms with Gasteiger partial charge in [-0.3, -0.25) is 0 Å². The van der Waals surface area contributed by atoms with Crippen molar-refractivity contribution in [2.24, 2.45) is 5.41 Å². The average molecular weight is 301 g/mol. The summed E-state index contributed by atoms with van der Waals surface area (Å²) in [7, 11) is 0. The molecule has 2 heterocycles. The summed E-state index contributed by atoms with van der Waals surface area (Å²) in [6.07, 6.45) is 5.38. The van der Waals surface area contributed by atoms with Crippen molar-refractivity contribution in [3.05, 3.63) is 35.0 Å². The monoisotopic (exact) mass is 301 g/mol. The first-order valence-corrected chi connectivity index (χ1v) is 8.60. The average Bonchev–Trinajstić information content (AvgIpc) is 2.97. The van der Waals surface area contributed by atoms with E-state index in [0.717, 1.165) is 36.5 Å². The van der Waals surface area contributed by atoms with E-state index in [1.807, 2.05) is 6.20 Å². The molecule has 2 aromatic rings. The largest absolute Gasteiger partial charge is 0.310 e. The van der Waals surface area contributed by atoms with Crippen LogP contribution in [0.15, 0.2) is 23.7 Å². The van der Waals surface area contributed by atoms with Crippen molar-refractivity contribution in [2.75, 3.05) is 6.54 Å². The van der Waals surface area contributed by atoms with Gasteiger partial charge in [0.2, 0.25) is 0 Å². The van der Waals surface area contributed by atoms with Crippen molar-refractivity contribution in [1.82, 2.24) is 15.3 Å². The van der Waals surface area contributed by atoms with Gasteiger partial charge in [0.25, 0.3) is 0 Å². The Morgan fingerprint density at radius 1 is 1.43 bits per heavy atom. The van der Waals surface area contributed by atoms with Gasteiger partial charge in [0.1, 0.15) is 0 Å². The fourth-order valence-electron chi connectivity index (χ4n) is 3.07. The van der Waals surface area contributed by atoms with Gasteiger partial charge >= 0.3 is 0 Å². The number of rotatable bonds is 4. The summed E-state index contributed by atoms with van der Waals surface area (Å²) in [4.78, 5) is 10.6. The fraction of sp³-hybridized carbons (Fsp3) is 0.529. The van der Waals surface area contributed by atoms with Gasteiger partial charge in [0, 0.05) is 23.5 Å². The molecule has 2 aromatic heterocycles. The first-order chi connectivity index (χ1) is 10.1. The van der Waals surface area contributed by atoms with E-state index >= 15 is 0 Å². The fourth-order valence-corrected chi connectivity index (χ4v) is 3.74. The van der Waals surface area contributed by atoms with Crippen LogP contribution in [0.25, 0.3) is 10.7 Å². The molecule has 112 valence electrons. The lowest BCUT2D eigenvalue weighted by Crippen LogP contribution is -2.34. The zero-order valence-corrected chi connectivity index (χ0v) is 13.8. The smallest absolute Gasteiger partial charge is 0.169 e. The predicted molar refractivity (Wildman–Crippen MR) is 88.5 cm³/mol. The molecule has 0 aromatic carbocycles. The van der Waals surface area contributed by atoms with Crippen LogP contribution in [0, 0.1) is 5.41 Å². The Hall–Kier alpha value is -1.26. The molecule has 3 rings (SSSR count). The molecule has 0 aliphatic heterocycles. The summed E-state index contributed by atoms with van der Waals surface area (Å²) in [6.45, 7) is 7.93. The molecule has 0 amide bonds. The minimum absolute atomic E-state index is 0.291. The highest BCUT2D eigenvalue weighted by Gasteiger charge is 2.33. The minimum Gasteiger partial charge on any atom is -0.310 e. The Morgan fingerprint density at radius 2 is 2.29 bits per heavy atom. The van der Waals surface area contributed by atoms with Crippen LogP contribution in [0.3, 0.4) is 0 Å². The number of nitrogens with one attached hydrogen (secondary N) is 1.